The molecule has 11 nitrogen and oxygen atoms in total. The van der Waals surface area contributed by atoms with E-state index >= 15 is 0 Å². The minimum absolute atomic E-state index is 0.00611. The van der Waals surface area contributed by atoms with Crippen LogP contribution in [0.3, 0.4) is 0 Å². The maximum atomic E-state index is 13.9. The molecule has 0 aliphatic heterocycles. The summed E-state index contributed by atoms with van der Waals surface area (Å²) in [6.07, 6.45) is 32.2. The molecule has 4 rings (SSSR count). The van der Waals surface area contributed by atoms with Crippen LogP contribution in [0.4, 0.5) is 0 Å². The van der Waals surface area contributed by atoms with Crippen molar-refractivity contribution in [3.8, 4) is 0 Å². The molecule has 386 valence electrons. The summed E-state index contributed by atoms with van der Waals surface area (Å²) in [6, 6.07) is 0. The summed E-state index contributed by atoms with van der Waals surface area (Å²) in [7, 11) is 0. The summed E-state index contributed by atoms with van der Waals surface area (Å²) in [4.78, 5) is 77.4. The maximum absolute atomic E-state index is 13.9. The van der Waals surface area contributed by atoms with Crippen molar-refractivity contribution in [3.63, 3.8) is 0 Å². The van der Waals surface area contributed by atoms with Crippen molar-refractivity contribution in [1.82, 2.24) is 0 Å². The van der Waals surface area contributed by atoms with Crippen LogP contribution >= 0.6 is 0 Å². The zero-order chi connectivity index (χ0) is 49.4. The Hall–Kier alpha value is -3.34. The van der Waals surface area contributed by atoms with E-state index in [1.54, 1.807) is 12.2 Å². The summed E-state index contributed by atoms with van der Waals surface area (Å²) in [5, 5.41) is 11.7. The molecule has 0 saturated heterocycles. The number of allylic oxidation sites excluding steroid dienone is 4. The summed E-state index contributed by atoms with van der Waals surface area (Å²) >= 11 is 0. The van der Waals surface area contributed by atoms with Gasteiger partial charge in [-0.25, -0.2) is 0 Å². The lowest BCUT2D eigenvalue weighted by Crippen LogP contribution is -2.56. The van der Waals surface area contributed by atoms with Crippen LogP contribution in [0.5, 0.6) is 0 Å². The molecule has 3 saturated carbocycles. The highest BCUT2D eigenvalue weighted by molar-refractivity contribution is 6.01. The first-order valence-corrected chi connectivity index (χ1v) is 27.5. The Labute approximate surface area is 410 Å². The zero-order valence-corrected chi connectivity index (χ0v) is 43.1. The Kier molecular flexibility index (Phi) is 25.6. The average molecular weight is 953 g/mol. The minimum atomic E-state index is -0.976. The molecule has 9 atom stereocenters. The molecule has 3 unspecified atom stereocenters. The van der Waals surface area contributed by atoms with Crippen molar-refractivity contribution >= 4 is 35.4 Å². The number of carbonyl (C=O) groups is 6. The third kappa shape index (κ3) is 18.1. The Morgan fingerprint density at radius 1 is 0.662 bits per heavy atom. The number of hydrogen-bond donors (Lipinski definition) is 1. The number of ketones is 2. The van der Waals surface area contributed by atoms with Gasteiger partial charge in [0.05, 0.1) is 18.9 Å². The van der Waals surface area contributed by atoms with Crippen LogP contribution in [0.2, 0.25) is 0 Å². The highest BCUT2D eigenvalue weighted by Crippen LogP contribution is 2.67. The fourth-order valence-electron chi connectivity index (χ4n) is 12.6. The quantitative estimate of drug-likeness (QED) is 0.0366. The minimum Gasteiger partial charge on any atom is -0.462 e. The van der Waals surface area contributed by atoms with Gasteiger partial charge >= 0.3 is 23.9 Å². The van der Waals surface area contributed by atoms with Crippen molar-refractivity contribution in [2.45, 2.75) is 239 Å². The Morgan fingerprint density at radius 3 is 1.66 bits per heavy atom. The molecule has 0 aromatic rings. The number of aliphatic hydroxyl groups is 1. The van der Waals surface area contributed by atoms with E-state index in [1.165, 1.54) is 89.9 Å². The number of aliphatic hydroxyl groups excluding tert-OH is 1. The van der Waals surface area contributed by atoms with Gasteiger partial charge in [0.2, 0.25) is 0 Å². The number of rotatable bonds is 35. The Balaban J connectivity index is 1.18. The first-order valence-electron chi connectivity index (χ1n) is 27.5. The number of hydrogen-bond acceptors (Lipinski definition) is 11. The number of esters is 4. The van der Waals surface area contributed by atoms with E-state index < -0.39 is 53.5 Å². The van der Waals surface area contributed by atoms with Crippen LogP contribution in [0, 0.1) is 40.4 Å². The molecule has 4 aliphatic rings. The summed E-state index contributed by atoms with van der Waals surface area (Å²) in [5.74, 6) is -2.39. The van der Waals surface area contributed by atoms with E-state index in [4.69, 9.17) is 18.9 Å². The van der Waals surface area contributed by atoms with Crippen molar-refractivity contribution in [1.29, 1.82) is 0 Å². The fourth-order valence-corrected chi connectivity index (χ4v) is 12.6. The van der Waals surface area contributed by atoms with E-state index in [2.05, 4.69) is 34.6 Å². The molecule has 68 heavy (non-hydrogen) atoms. The van der Waals surface area contributed by atoms with Crippen molar-refractivity contribution in [3.05, 3.63) is 23.8 Å². The predicted octanol–water partition coefficient (Wildman–Crippen LogP) is 12.4. The second-order valence-electron chi connectivity index (χ2n) is 21.7. The molecular formula is C57H92O11. The third-order valence-electron chi connectivity index (χ3n) is 16.2. The number of ether oxygens (including phenoxy) is 4. The molecule has 0 aromatic heterocycles. The largest absolute Gasteiger partial charge is 0.462 e. The van der Waals surface area contributed by atoms with Crippen LogP contribution < -0.4 is 0 Å². The van der Waals surface area contributed by atoms with Crippen LogP contribution in [0.15, 0.2) is 23.8 Å². The zero-order valence-electron chi connectivity index (χ0n) is 43.1. The summed E-state index contributed by atoms with van der Waals surface area (Å²) in [6.45, 7) is 9.81. The molecule has 0 aromatic carbocycles. The van der Waals surface area contributed by atoms with Gasteiger partial charge < -0.3 is 24.1 Å². The lowest BCUT2D eigenvalue weighted by atomic mass is 9.46. The van der Waals surface area contributed by atoms with E-state index in [0.29, 0.717) is 12.8 Å². The van der Waals surface area contributed by atoms with Gasteiger partial charge in [0.25, 0.3) is 0 Å². The smallest absolute Gasteiger partial charge is 0.306 e. The second kappa shape index (κ2) is 30.4. The standard InChI is InChI=1S/C57H92O11/c1-6-8-10-12-14-16-18-20-22-24-26-28-50(61)65-39-45(68-53(64)29-27-25-23-21-19-17-15-13-11-9-7-2)40-66-51(62)32-33-52(63)67-41-49(60)54-42(3)36-47-46-31-30-43-37-44(58)34-35-56(43,4)55(46)48(59)38-57(47,54)5/h34-35,37,42,45-48,54-55,59H,6-33,36,38-41H2,1-5H3/t42-,45?,46+,47?,48+,54-,55?,56+,57+/m1/s1. The number of Topliss-reactive ketones (excluding diaryl/α,β-unsaturated/α-hetero) is 1. The SMILES string of the molecule is CCCCCCCCCCCCCC(=O)OCC(COC(=O)CCC(=O)OCC(=O)[C@H]1[C@H](C)CC2[C@@H]3CCC4=CC(=O)C=C[C@]4(C)C3[C@@H](O)C[C@@]21C)OC(=O)CCCCCCCCCCCCC. The van der Waals surface area contributed by atoms with Gasteiger partial charge in [0.1, 0.15) is 19.8 Å². The molecule has 1 N–H and O–H groups in total. The molecule has 0 spiro atoms. The molecular weight excluding hydrogens is 861 g/mol. The average Bonchev–Trinajstić information content (AvgIpc) is 3.58. The van der Waals surface area contributed by atoms with Gasteiger partial charge in [-0.1, -0.05) is 175 Å². The van der Waals surface area contributed by atoms with Crippen LogP contribution in [-0.2, 0) is 47.7 Å². The van der Waals surface area contributed by atoms with E-state index in [1.807, 2.05) is 6.08 Å². The molecule has 0 bridgehead atoms. The molecule has 4 aliphatic carbocycles. The number of fused-ring (bicyclic) bond motifs is 5. The molecule has 0 radical (unpaired) electrons. The van der Waals surface area contributed by atoms with Crippen molar-refractivity contribution in [2.75, 3.05) is 19.8 Å². The van der Waals surface area contributed by atoms with E-state index in [9.17, 15) is 33.9 Å². The normalized spacial score (nSPS) is 26.5. The molecule has 0 heterocycles. The summed E-state index contributed by atoms with van der Waals surface area (Å²) < 4.78 is 22.0. The van der Waals surface area contributed by atoms with Gasteiger partial charge in [-0.3, -0.25) is 28.8 Å². The van der Waals surface area contributed by atoms with Gasteiger partial charge in [-0.15, -0.1) is 0 Å². The Morgan fingerprint density at radius 2 is 1.13 bits per heavy atom. The van der Waals surface area contributed by atoms with Gasteiger partial charge in [0.15, 0.2) is 17.7 Å². The monoisotopic (exact) mass is 953 g/mol. The maximum Gasteiger partial charge on any atom is 0.306 e. The van der Waals surface area contributed by atoms with E-state index in [0.717, 1.165) is 69.8 Å². The first kappa shape index (κ1) is 57.2. The summed E-state index contributed by atoms with van der Waals surface area (Å²) in [5.41, 5.74) is 0.227. The lowest BCUT2D eigenvalue weighted by molar-refractivity contribution is -0.167. The van der Waals surface area contributed by atoms with Crippen molar-refractivity contribution < 1.29 is 52.8 Å². The third-order valence-corrected chi connectivity index (χ3v) is 16.2. The first-order chi connectivity index (χ1) is 32.7. The van der Waals surface area contributed by atoms with Crippen LogP contribution in [0.25, 0.3) is 0 Å². The van der Waals surface area contributed by atoms with Crippen LogP contribution in [0.1, 0.15) is 227 Å². The van der Waals surface area contributed by atoms with E-state index in [-0.39, 0.29) is 80.1 Å². The molecule has 11 heteroatoms. The molecule has 0 amide bonds. The van der Waals surface area contributed by atoms with Gasteiger partial charge in [-0.2, -0.15) is 0 Å². The van der Waals surface area contributed by atoms with Crippen LogP contribution in [-0.4, -0.2) is 72.6 Å². The number of unbranched alkanes of at least 4 members (excludes halogenated alkanes) is 20. The topological polar surface area (TPSA) is 160 Å². The fraction of sp³-hybridized carbons (Fsp3) is 0.825. The van der Waals surface area contributed by atoms with Crippen molar-refractivity contribution in [2.24, 2.45) is 40.4 Å². The van der Waals surface area contributed by atoms with Gasteiger partial charge in [0, 0.05) is 30.1 Å². The highest BCUT2D eigenvalue weighted by Gasteiger charge is 2.64. The lowest BCUT2D eigenvalue weighted by Gasteiger charge is -2.58. The predicted molar refractivity (Wildman–Crippen MR) is 265 cm³/mol. The number of carbonyl (C=O) groups excluding carboxylic acids is 6. The second-order valence-corrected chi connectivity index (χ2v) is 21.7. The van der Waals surface area contributed by atoms with Gasteiger partial charge in [-0.05, 0) is 73.8 Å². The Bertz CT molecular complexity index is 1650. The molecule has 3 fully saturated rings. The highest BCUT2D eigenvalue weighted by atomic mass is 16.6.